The molecular weight excluding hydrogens is 306 g/mol. The molecule has 2 aromatic rings. The number of carbonyl (C=O) groups excluding carboxylic acids is 1. The highest BCUT2D eigenvalue weighted by atomic mass is 35.5. The molecule has 0 aliphatic carbocycles. The van der Waals surface area contributed by atoms with Gasteiger partial charge in [0.25, 0.3) is 5.91 Å². The topological polar surface area (TPSA) is 56.8 Å². The molecule has 0 heterocycles. The van der Waals surface area contributed by atoms with Crippen molar-refractivity contribution in [1.29, 1.82) is 0 Å². The first-order valence-electron chi connectivity index (χ1n) is 6.53. The molecule has 0 atom stereocenters. The number of halogens is 1. The van der Waals surface area contributed by atoms with Gasteiger partial charge < -0.3 is 19.5 Å². The monoisotopic (exact) mass is 321 g/mol. The molecule has 0 spiro atoms. The second-order valence-electron chi connectivity index (χ2n) is 4.34. The number of methoxy groups -OCH3 is 2. The summed E-state index contributed by atoms with van der Waals surface area (Å²) in [6, 6.07) is 12.1. The van der Waals surface area contributed by atoms with E-state index in [0.29, 0.717) is 28.0 Å². The van der Waals surface area contributed by atoms with Crippen molar-refractivity contribution in [3.63, 3.8) is 0 Å². The standard InChI is InChI=1S/C16H16ClNO4/c1-20-13-8-7-11(9-12(13)17)18-16(19)10-22-15-6-4-3-5-14(15)21-2/h3-9H,10H2,1-2H3,(H,18,19). The lowest BCUT2D eigenvalue weighted by atomic mass is 10.3. The Kier molecular flexibility index (Phi) is 5.49. The molecule has 0 aliphatic rings. The maximum absolute atomic E-state index is 11.9. The first-order chi connectivity index (χ1) is 10.6. The van der Waals surface area contributed by atoms with Crippen molar-refractivity contribution in [2.45, 2.75) is 0 Å². The molecule has 2 rings (SSSR count). The van der Waals surface area contributed by atoms with Gasteiger partial charge in [0.1, 0.15) is 5.75 Å². The molecule has 0 radical (unpaired) electrons. The average Bonchev–Trinajstić information content (AvgIpc) is 2.53. The van der Waals surface area contributed by atoms with Crippen LogP contribution in [0, 0.1) is 0 Å². The number of rotatable bonds is 6. The van der Waals surface area contributed by atoms with E-state index in [1.54, 1.807) is 43.5 Å². The molecule has 116 valence electrons. The van der Waals surface area contributed by atoms with Crippen LogP contribution in [0.3, 0.4) is 0 Å². The molecule has 1 N–H and O–H groups in total. The SMILES string of the molecule is COc1ccc(NC(=O)COc2ccccc2OC)cc1Cl. The number of hydrogen-bond donors (Lipinski definition) is 1. The maximum atomic E-state index is 11.9. The molecule has 0 aliphatic heterocycles. The number of para-hydroxylation sites is 2. The van der Waals surface area contributed by atoms with Crippen LogP contribution in [0.15, 0.2) is 42.5 Å². The number of amides is 1. The Labute approximate surface area is 133 Å². The van der Waals surface area contributed by atoms with E-state index in [2.05, 4.69) is 5.32 Å². The van der Waals surface area contributed by atoms with Crippen LogP contribution < -0.4 is 19.5 Å². The van der Waals surface area contributed by atoms with Crippen molar-refractivity contribution in [3.05, 3.63) is 47.5 Å². The van der Waals surface area contributed by atoms with Crippen molar-refractivity contribution >= 4 is 23.2 Å². The summed E-state index contributed by atoms with van der Waals surface area (Å²) in [6.07, 6.45) is 0. The third kappa shape index (κ3) is 4.05. The molecule has 1 amide bonds. The van der Waals surface area contributed by atoms with Gasteiger partial charge in [-0.15, -0.1) is 0 Å². The van der Waals surface area contributed by atoms with E-state index >= 15 is 0 Å². The van der Waals surface area contributed by atoms with Crippen molar-refractivity contribution in [2.75, 3.05) is 26.1 Å². The van der Waals surface area contributed by atoms with E-state index < -0.39 is 0 Å². The van der Waals surface area contributed by atoms with Gasteiger partial charge in [-0.3, -0.25) is 4.79 Å². The second-order valence-corrected chi connectivity index (χ2v) is 4.74. The summed E-state index contributed by atoms with van der Waals surface area (Å²) in [4.78, 5) is 11.9. The van der Waals surface area contributed by atoms with Gasteiger partial charge in [0, 0.05) is 5.69 Å². The average molecular weight is 322 g/mol. The Bertz CT molecular complexity index is 660. The minimum absolute atomic E-state index is 0.135. The van der Waals surface area contributed by atoms with Crippen LogP contribution in [0.25, 0.3) is 0 Å². The van der Waals surface area contributed by atoms with Gasteiger partial charge >= 0.3 is 0 Å². The van der Waals surface area contributed by atoms with Crippen molar-refractivity contribution in [2.24, 2.45) is 0 Å². The Balaban J connectivity index is 1.94. The van der Waals surface area contributed by atoms with Gasteiger partial charge in [-0.1, -0.05) is 23.7 Å². The molecular formula is C16H16ClNO4. The zero-order valence-electron chi connectivity index (χ0n) is 12.3. The van der Waals surface area contributed by atoms with Crippen LogP contribution in [-0.2, 0) is 4.79 Å². The number of benzene rings is 2. The summed E-state index contributed by atoms with van der Waals surface area (Å²) < 4.78 is 15.6. The highest BCUT2D eigenvalue weighted by molar-refractivity contribution is 6.32. The van der Waals surface area contributed by atoms with Gasteiger partial charge in [0.05, 0.1) is 19.2 Å². The Morgan fingerprint density at radius 1 is 1.05 bits per heavy atom. The van der Waals surface area contributed by atoms with Crippen LogP contribution in [0.1, 0.15) is 0 Å². The highest BCUT2D eigenvalue weighted by Crippen LogP contribution is 2.28. The predicted octanol–water partition coefficient (Wildman–Crippen LogP) is 3.37. The minimum atomic E-state index is -0.299. The van der Waals surface area contributed by atoms with E-state index in [9.17, 15) is 4.79 Å². The normalized spacial score (nSPS) is 9.95. The molecule has 5 nitrogen and oxygen atoms in total. The van der Waals surface area contributed by atoms with E-state index in [1.807, 2.05) is 6.07 Å². The summed E-state index contributed by atoms with van der Waals surface area (Å²) in [5.74, 6) is 1.33. The van der Waals surface area contributed by atoms with Crippen molar-refractivity contribution < 1.29 is 19.0 Å². The van der Waals surface area contributed by atoms with Gasteiger partial charge in [-0.05, 0) is 30.3 Å². The number of nitrogens with one attached hydrogen (secondary N) is 1. The summed E-state index contributed by atoms with van der Waals surface area (Å²) in [7, 11) is 3.07. The molecule has 0 unspecified atom stereocenters. The first kappa shape index (κ1) is 16.0. The number of anilines is 1. The molecule has 0 aromatic heterocycles. The number of carbonyl (C=O) groups is 1. The number of ether oxygens (including phenoxy) is 3. The smallest absolute Gasteiger partial charge is 0.262 e. The zero-order chi connectivity index (χ0) is 15.9. The van der Waals surface area contributed by atoms with Crippen molar-refractivity contribution in [1.82, 2.24) is 0 Å². The molecule has 0 saturated carbocycles. The second kappa shape index (κ2) is 7.56. The van der Waals surface area contributed by atoms with Gasteiger partial charge in [0.2, 0.25) is 0 Å². The predicted molar refractivity (Wildman–Crippen MR) is 85.1 cm³/mol. The minimum Gasteiger partial charge on any atom is -0.495 e. The van der Waals surface area contributed by atoms with E-state index in [0.717, 1.165) is 0 Å². The Hall–Kier alpha value is -2.40. The summed E-state index contributed by atoms with van der Waals surface area (Å²) in [5, 5.41) is 3.12. The summed E-state index contributed by atoms with van der Waals surface area (Å²) in [6.45, 7) is -0.135. The van der Waals surface area contributed by atoms with Gasteiger partial charge in [-0.25, -0.2) is 0 Å². The van der Waals surface area contributed by atoms with Crippen LogP contribution in [0.5, 0.6) is 17.2 Å². The summed E-state index contributed by atoms with van der Waals surface area (Å²) >= 11 is 6.00. The fourth-order valence-electron chi connectivity index (χ4n) is 1.82. The molecule has 0 bridgehead atoms. The summed E-state index contributed by atoms with van der Waals surface area (Å²) in [5.41, 5.74) is 0.569. The lowest BCUT2D eigenvalue weighted by molar-refractivity contribution is -0.118. The van der Waals surface area contributed by atoms with E-state index in [1.165, 1.54) is 7.11 Å². The third-order valence-corrected chi connectivity index (χ3v) is 3.16. The first-order valence-corrected chi connectivity index (χ1v) is 6.91. The molecule has 2 aromatic carbocycles. The Morgan fingerprint density at radius 2 is 1.73 bits per heavy atom. The number of hydrogen-bond acceptors (Lipinski definition) is 4. The van der Waals surface area contributed by atoms with E-state index in [-0.39, 0.29) is 12.5 Å². The zero-order valence-corrected chi connectivity index (χ0v) is 13.0. The van der Waals surface area contributed by atoms with Crippen molar-refractivity contribution in [3.8, 4) is 17.2 Å². The van der Waals surface area contributed by atoms with Gasteiger partial charge in [-0.2, -0.15) is 0 Å². The van der Waals surface area contributed by atoms with Gasteiger partial charge in [0.15, 0.2) is 18.1 Å². The molecule has 22 heavy (non-hydrogen) atoms. The van der Waals surface area contributed by atoms with E-state index in [4.69, 9.17) is 25.8 Å². The molecule has 0 fully saturated rings. The maximum Gasteiger partial charge on any atom is 0.262 e. The fraction of sp³-hybridized carbons (Fsp3) is 0.188. The van der Waals surface area contributed by atoms with Crippen LogP contribution in [0.4, 0.5) is 5.69 Å². The lowest BCUT2D eigenvalue weighted by Gasteiger charge is -2.11. The largest absolute Gasteiger partial charge is 0.495 e. The molecule has 6 heteroatoms. The highest BCUT2D eigenvalue weighted by Gasteiger charge is 2.08. The third-order valence-electron chi connectivity index (χ3n) is 2.86. The lowest BCUT2D eigenvalue weighted by Crippen LogP contribution is -2.20. The van der Waals surface area contributed by atoms with Crippen LogP contribution >= 0.6 is 11.6 Å². The molecule has 0 saturated heterocycles. The quantitative estimate of drug-likeness (QED) is 0.886. The Morgan fingerprint density at radius 3 is 2.36 bits per heavy atom. The van der Waals surface area contributed by atoms with Crippen LogP contribution in [0.2, 0.25) is 5.02 Å². The fourth-order valence-corrected chi connectivity index (χ4v) is 2.08. The van der Waals surface area contributed by atoms with Crippen LogP contribution in [-0.4, -0.2) is 26.7 Å².